The largest absolute Gasteiger partial charge is 0.492 e. The minimum absolute atomic E-state index is 0.161. The van der Waals surface area contributed by atoms with Gasteiger partial charge in [0.25, 0.3) is 0 Å². The summed E-state index contributed by atoms with van der Waals surface area (Å²) in [5.41, 5.74) is 10.9. The van der Waals surface area contributed by atoms with Crippen molar-refractivity contribution >= 4 is 5.97 Å². The molecule has 0 amide bonds. The van der Waals surface area contributed by atoms with Crippen LogP contribution >= 0.6 is 0 Å². The van der Waals surface area contributed by atoms with Crippen molar-refractivity contribution in [2.75, 3.05) is 26.8 Å². The number of nitrogens with zero attached hydrogens (tertiary/aromatic N) is 1. The van der Waals surface area contributed by atoms with Crippen molar-refractivity contribution in [1.82, 2.24) is 4.90 Å². The van der Waals surface area contributed by atoms with Gasteiger partial charge >= 0.3 is 5.97 Å². The van der Waals surface area contributed by atoms with Gasteiger partial charge in [-0.25, -0.2) is 4.79 Å². The maximum Gasteiger partial charge on any atom is 0.333 e. The standard InChI is InChI=1S/C41H49NO4/c1-4-6-10-31-17-23-37-34(27-31)19-20-35-28-32(14-13-30-11-8-7-9-12-30)18-24-38(35)40(37)42(3)25-26-46-36-21-15-33(16-22-36)29-39(41(43)44)45-5-2/h7-9,11-12,15-18,21-24,27-28,39-40H,4-6,10,13-14,19-20,25-26,29H2,1-3H3,(H,43,44). The van der Waals surface area contributed by atoms with Gasteiger partial charge in [-0.1, -0.05) is 92.2 Å². The Morgan fingerprint density at radius 2 is 1.41 bits per heavy atom. The topological polar surface area (TPSA) is 59.0 Å². The molecule has 0 radical (unpaired) electrons. The molecule has 5 heteroatoms. The Labute approximate surface area is 275 Å². The van der Waals surface area contributed by atoms with Gasteiger partial charge < -0.3 is 14.6 Å². The summed E-state index contributed by atoms with van der Waals surface area (Å²) in [7, 11) is 2.21. The van der Waals surface area contributed by atoms with Crippen LogP contribution in [0.1, 0.15) is 77.2 Å². The summed E-state index contributed by atoms with van der Waals surface area (Å²) in [5.74, 6) is -0.154. The molecule has 0 aromatic heterocycles. The predicted molar refractivity (Wildman–Crippen MR) is 186 cm³/mol. The van der Waals surface area contributed by atoms with Crippen molar-refractivity contribution in [2.45, 2.75) is 77.4 Å². The number of unbranched alkanes of at least 4 members (excludes halogenated alkanes) is 1. The van der Waals surface area contributed by atoms with Crippen molar-refractivity contribution in [3.8, 4) is 5.75 Å². The lowest BCUT2D eigenvalue weighted by atomic mass is 9.90. The van der Waals surface area contributed by atoms with Crippen LogP contribution in [0, 0.1) is 0 Å². The van der Waals surface area contributed by atoms with Crippen LogP contribution in [0.15, 0.2) is 91.0 Å². The number of rotatable bonds is 16. The van der Waals surface area contributed by atoms with E-state index < -0.39 is 12.1 Å². The molecule has 242 valence electrons. The Kier molecular flexibility index (Phi) is 12.0. The average molecular weight is 620 g/mol. The van der Waals surface area contributed by atoms with Crippen LogP contribution in [-0.2, 0) is 48.1 Å². The lowest BCUT2D eigenvalue weighted by molar-refractivity contribution is -0.149. The molecule has 0 fully saturated rings. The summed E-state index contributed by atoms with van der Waals surface area (Å²) in [4.78, 5) is 13.9. The van der Waals surface area contributed by atoms with Crippen LogP contribution in [0.3, 0.4) is 0 Å². The fourth-order valence-electron chi connectivity index (χ4n) is 6.61. The normalized spacial score (nSPS) is 14.7. The monoisotopic (exact) mass is 619 g/mol. The van der Waals surface area contributed by atoms with Gasteiger partial charge in [0.05, 0.1) is 6.04 Å². The molecule has 1 aliphatic carbocycles. The number of benzene rings is 4. The molecule has 4 aromatic rings. The number of aliphatic carboxylic acids is 1. The number of hydrogen-bond donors (Lipinski definition) is 1. The number of fused-ring (bicyclic) bond motifs is 2. The number of ether oxygens (including phenoxy) is 2. The minimum Gasteiger partial charge on any atom is -0.492 e. The Balaban J connectivity index is 1.30. The van der Waals surface area contributed by atoms with Crippen LogP contribution in [0.5, 0.6) is 5.75 Å². The number of hydrogen-bond acceptors (Lipinski definition) is 4. The van der Waals surface area contributed by atoms with Gasteiger partial charge in [-0.15, -0.1) is 0 Å². The maximum absolute atomic E-state index is 11.5. The number of carboxylic acids is 1. The van der Waals surface area contributed by atoms with E-state index in [0.29, 0.717) is 19.6 Å². The van der Waals surface area contributed by atoms with Crippen LogP contribution in [0.4, 0.5) is 0 Å². The zero-order valence-electron chi connectivity index (χ0n) is 27.7. The molecule has 4 aromatic carbocycles. The van der Waals surface area contributed by atoms with Gasteiger partial charge in [-0.05, 0) is 109 Å². The third kappa shape index (κ3) is 8.86. The highest BCUT2D eigenvalue weighted by molar-refractivity contribution is 5.72. The Bertz CT molecular complexity index is 1550. The summed E-state index contributed by atoms with van der Waals surface area (Å²) in [5, 5.41) is 9.41. The summed E-state index contributed by atoms with van der Waals surface area (Å²) in [6.45, 7) is 5.76. The Morgan fingerprint density at radius 1 is 0.804 bits per heavy atom. The SMILES string of the molecule is CCCCc1ccc2c(c1)CCc1cc(CCc3ccccc3)ccc1C2N(C)CCOc1ccc(CC(OCC)C(=O)O)cc1. The van der Waals surface area contributed by atoms with Gasteiger partial charge in [0.2, 0.25) is 0 Å². The first-order valence-corrected chi connectivity index (χ1v) is 17.0. The maximum atomic E-state index is 11.5. The van der Waals surface area contributed by atoms with Crippen molar-refractivity contribution in [2.24, 2.45) is 0 Å². The smallest absolute Gasteiger partial charge is 0.333 e. The lowest BCUT2D eigenvalue weighted by Crippen LogP contribution is -2.30. The molecular formula is C41H49NO4. The molecule has 2 atom stereocenters. The second kappa shape index (κ2) is 16.6. The molecular weight excluding hydrogens is 570 g/mol. The molecule has 0 bridgehead atoms. The number of carboxylic acid groups (broad SMARTS) is 1. The fraction of sp³-hybridized carbons (Fsp3) is 0.390. The zero-order chi connectivity index (χ0) is 32.3. The van der Waals surface area contributed by atoms with E-state index in [1.807, 2.05) is 31.2 Å². The van der Waals surface area contributed by atoms with E-state index in [0.717, 1.165) is 50.0 Å². The van der Waals surface area contributed by atoms with E-state index in [1.54, 1.807) is 0 Å². The van der Waals surface area contributed by atoms with Crippen LogP contribution in [0.2, 0.25) is 0 Å². The van der Waals surface area contributed by atoms with Gasteiger partial charge in [0, 0.05) is 19.6 Å². The summed E-state index contributed by atoms with van der Waals surface area (Å²) >= 11 is 0. The Hall–Kier alpha value is -3.93. The first-order chi connectivity index (χ1) is 22.4. The van der Waals surface area contributed by atoms with Crippen LogP contribution in [-0.4, -0.2) is 48.9 Å². The third-order valence-electron chi connectivity index (χ3n) is 9.17. The third-order valence-corrected chi connectivity index (χ3v) is 9.17. The minimum atomic E-state index is -0.938. The van der Waals surface area contributed by atoms with E-state index in [1.165, 1.54) is 51.8 Å². The van der Waals surface area contributed by atoms with E-state index in [2.05, 4.69) is 85.6 Å². The number of carbonyl (C=O) groups is 1. The second-order valence-corrected chi connectivity index (χ2v) is 12.5. The van der Waals surface area contributed by atoms with E-state index in [-0.39, 0.29) is 6.04 Å². The first-order valence-electron chi connectivity index (χ1n) is 17.0. The molecule has 1 aliphatic rings. The quantitative estimate of drug-likeness (QED) is 0.138. The van der Waals surface area contributed by atoms with Gasteiger partial charge in [0.15, 0.2) is 6.10 Å². The highest BCUT2D eigenvalue weighted by Gasteiger charge is 2.27. The van der Waals surface area contributed by atoms with Gasteiger partial charge in [-0.2, -0.15) is 0 Å². The van der Waals surface area contributed by atoms with Crippen molar-refractivity contribution in [3.05, 3.63) is 136 Å². The van der Waals surface area contributed by atoms with Crippen molar-refractivity contribution < 1.29 is 19.4 Å². The first kappa shape index (κ1) is 33.4. The zero-order valence-corrected chi connectivity index (χ0v) is 27.7. The van der Waals surface area contributed by atoms with Gasteiger partial charge in [0.1, 0.15) is 12.4 Å². The number of aryl methyl sites for hydroxylation is 5. The van der Waals surface area contributed by atoms with Crippen LogP contribution < -0.4 is 4.74 Å². The molecule has 0 spiro atoms. The molecule has 0 heterocycles. The average Bonchev–Trinajstić information content (AvgIpc) is 3.23. The molecule has 5 rings (SSSR count). The Morgan fingerprint density at radius 3 is 2.02 bits per heavy atom. The van der Waals surface area contributed by atoms with Gasteiger partial charge in [-0.3, -0.25) is 4.90 Å². The number of likely N-dealkylation sites (N-methyl/N-ethyl adjacent to an activating group) is 1. The van der Waals surface area contributed by atoms with Crippen molar-refractivity contribution in [1.29, 1.82) is 0 Å². The van der Waals surface area contributed by atoms with E-state index >= 15 is 0 Å². The van der Waals surface area contributed by atoms with E-state index in [9.17, 15) is 9.90 Å². The summed E-state index contributed by atoms with van der Waals surface area (Å²) in [6, 6.07) is 33.0. The second-order valence-electron chi connectivity index (χ2n) is 12.5. The fourth-order valence-corrected chi connectivity index (χ4v) is 6.61. The molecule has 0 saturated heterocycles. The van der Waals surface area contributed by atoms with E-state index in [4.69, 9.17) is 9.47 Å². The van der Waals surface area contributed by atoms with Crippen LogP contribution in [0.25, 0.3) is 0 Å². The molecule has 46 heavy (non-hydrogen) atoms. The summed E-state index contributed by atoms with van der Waals surface area (Å²) < 4.78 is 11.6. The van der Waals surface area contributed by atoms with Crippen molar-refractivity contribution in [3.63, 3.8) is 0 Å². The molecule has 2 unspecified atom stereocenters. The predicted octanol–water partition coefficient (Wildman–Crippen LogP) is 8.05. The summed E-state index contributed by atoms with van der Waals surface area (Å²) in [6.07, 6.45) is 7.27. The molecule has 5 nitrogen and oxygen atoms in total. The molecule has 0 saturated carbocycles. The lowest BCUT2D eigenvalue weighted by Gasteiger charge is -2.31. The highest BCUT2D eigenvalue weighted by atomic mass is 16.5. The highest BCUT2D eigenvalue weighted by Crippen LogP contribution is 2.37. The molecule has 0 aliphatic heterocycles. The molecule has 1 N–H and O–H groups in total.